The topological polar surface area (TPSA) is 105 Å². The van der Waals surface area contributed by atoms with E-state index >= 15 is 0 Å². The first-order chi connectivity index (χ1) is 8.81. The molecule has 0 aromatic heterocycles. The molecular formula is C10H18NO7P. The second kappa shape index (κ2) is 5.98. The maximum atomic E-state index is 12.7. The molecule has 0 radical (unpaired) electrons. The van der Waals surface area contributed by atoms with Crippen molar-refractivity contribution in [2.24, 2.45) is 5.92 Å². The first kappa shape index (κ1) is 16.1. The molecule has 1 aliphatic heterocycles. The molecule has 0 bridgehead atoms. The van der Waals surface area contributed by atoms with Crippen LogP contribution in [0.3, 0.4) is 0 Å². The van der Waals surface area contributed by atoms with E-state index in [4.69, 9.17) is 13.8 Å². The predicted molar refractivity (Wildman–Crippen MR) is 65.3 cm³/mol. The molecule has 110 valence electrons. The highest BCUT2D eigenvalue weighted by molar-refractivity contribution is 7.55. The van der Waals surface area contributed by atoms with Gasteiger partial charge in [0.1, 0.15) is 6.61 Å². The summed E-state index contributed by atoms with van der Waals surface area (Å²) in [6.07, 6.45) is -0.165. The van der Waals surface area contributed by atoms with Gasteiger partial charge in [0.15, 0.2) is 0 Å². The average Bonchev–Trinajstić information content (AvgIpc) is 2.75. The number of rotatable bonds is 7. The molecule has 0 N–H and O–H groups in total. The Hall–Kier alpha value is -0.980. The van der Waals surface area contributed by atoms with Crippen LogP contribution in [0.2, 0.25) is 0 Å². The summed E-state index contributed by atoms with van der Waals surface area (Å²) in [4.78, 5) is 21.9. The molecule has 1 saturated heterocycles. The van der Waals surface area contributed by atoms with E-state index in [1.54, 1.807) is 13.8 Å². The first-order valence-electron chi connectivity index (χ1n) is 6.01. The standard InChI is InChI=1S/C10H18NO7P/c1-4-17-19(15,18-5-2)10(3,11(13)14)8-6-9(12)16-7-8/h8H,4-7H2,1-3H3. The van der Waals surface area contributed by atoms with Crippen molar-refractivity contribution in [2.45, 2.75) is 32.5 Å². The summed E-state index contributed by atoms with van der Waals surface area (Å²) in [5, 5.41) is 9.42. The third-order valence-corrected chi connectivity index (χ3v) is 5.99. The van der Waals surface area contributed by atoms with Crippen LogP contribution < -0.4 is 0 Å². The number of ether oxygens (including phenoxy) is 1. The molecule has 0 amide bonds. The number of esters is 1. The normalized spacial score (nSPS) is 22.9. The number of hydrogen-bond acceptors (Lipinski definition) is 7. The lowest BCUT2D eigenvalue weighted by molar-refractivity contribution is -0.550. The van der Waals surface area contributed by atoms with Gasteiger partial charge >= 0.3 is 18.8 Å². The number of hydrogen-bond donors (Lipinski definition) is 0. The van der Waals surface area contributed by atoms with Gasteiger partial charge in [-0.15, -0.1) is 0 Å². The van der Waals surface area contributed by atoms with Gasteiger partial charge < -0.3 is 13.8 Å². The van der Waals surface area contributed by atoms with Gasteiger partial charge in [-0.05, 0) is 13.8 Å². The third-order valence-electron chi connectivity index (χ3n) is 3.15. The van der Waals surface area contributed by atoms with Gasteiger partial charge in [-0.1, -0.05) is 0 Å². The molecule has 0 aliphatic carbocycles. The maximum absolute atomic E-state index is 12.7. The smallest absolute Gasteiger partial charge is 0.407 e. The van der Waals surface area contributed by atoms with Crippen LogP contribution in [0.25, 0.3) is 0 Å². The summed E-state index contributed by atoms with van der Waals surface area (Å²) in [5.74, 6) is -1.38. The van der Waals surface area contributed by atoms with E-state index in [9.17, 15) is 19.5 Å². The van der Waals surface area contributed by atoms with E-state index < -0.39 is 29.7 Å². The minimum atomic E-state index is -4.00. The molecule has 0 spiro atoms. The number of nitrogens with zero attached hydrogens (tertiary/aromatic N) is 1. The zero-order chi connectivity index (χ0) is 14.7. The quantitative estimate of drug-likeness (QED) is 0.305. The van der Waals surface area contributed by atoms with Crippen molar-refractivity contribution in [3.63, 3.8) is 0 Å². The van der Waals surface area contributed by atoms with Crippen LogP contribution in [0, 0.1) is 16.0 Å². The predicted octanol–water partition coefficient (Wildman–Crippen LogP) is 1.81. The highest BCUT2D eigenvalue weighted by Gasteiger charge is 2.65. The van der Waals surface area contributed by atoms with Crippen LogP contribution in [0.15, 0.2) is 0 Å². The number of carbonyl (C=O) groups excluding carboxylic acids is 1. The van der Waals surface area contributed by atoms with E-state index in [-0.39, 0.29) is 26.2 Å². The van der Waals surface area contributed by atoms with Crippen LogP contribution >= 0.6 is 7.60 Å². The molecule has 1 rings (SSSR count). The number of nitro groups is 1. The van der Waals surface area contributed by atoms with Crippen LogP contribution in [-0.4, -0.2) is 36.0 Å². The molecule has 9 heteroatoms. The van der Waals surface area contributed by atoms with Gasteiger partial charge in [0.2, 0.25) is 0 Å². The maximum Gasteiger partial charge on any atom is 0.407 e. The molecule has 8 nitrogen and oxygen atoms in total. The minimum absolute atomic E-state index is 0.0161. The second-order valence-corrected chi connectivity index (χ2v) is 6.69. The number of carbonyl (C=O) groups is 1. The Bertz CT molecular complexity index is 403. The number of cyclic esters (lactones) is 1. The zero-order valence-corrected chi connectivity index (χ0v) is 12.1. The summed E-state index contributed by atoms with van der Waals surface area (Å²) in [6.45, 7) is 4.21. The van der Waals surface area contributed by atoms with Gasteiger partial charge in [-0.2, -0.15) is 0 Å². The summed E-state index contributed by atoms with van der Waals surface area (Å²) >= 11 is 0. The molecule has 1 heterocycles. The monoisotopic (exact) mass is 295 g/mol. The van der Waals surface area contributed by atoms with E-state index in [0.717, 1.165) is 0 Å². The van der Waals surface area contributed by atoms with Crippen molar-refractivity contribution in [1.82, 2.24) is 0 Å². The van der Waals surface area contributed by atoms with Gasteiger partial charge in [-0.25, -0.2) is 0 Å². The molecule has 1 fully saturated rings. The Kier molecular flexibility index (Phi) is 5.06. The van der Waals surface area contributed by atoms with Crippen molar-refractivity contribution >= 4 is 13.6 Å². The Morgan fingerprint density at radius 2 is 2.00 bits per heavy atom. The van der Waals surface area contributed by atoms with E-state index in [1.807, 2.05) is 0 Å². The largest absolute Gasteiger partial charge is 0.465 e. The fraction of sp³-hybridized carbons (Fsp3) is 0.900. The van der Waals surface area contributed by atoms with Crippen LogP contribution in [-0.2, 0) is 23.1 Å². The lowest BCUT2D eigenvalue weighted by atomic mass is 10.0. The summed E-state index contributed by atoms with van der Waals surface area (Å²) in [7, 11) is -4.00. The Morgan fingerprint density at radius 1 is 1.47 bits per heavy atom. The van der Waals surface area contributed by atoms with Crippen LogP contribution in [0.1, 0.15) is 27.2 Å². The lowest BCUT2D eigenvalue weighted by Gasteiger charge is -2.31. The van der Waals surface area contributed by atoms with Crippen LogP contribution in [0.4, 0.5) is 0 Å². The lowest BCUT2D eigenvalue weighted by Crippen LogP contribution is -2.44. The van der Waals surface area contributed by atoms with Gasteiger partial charge in [0.25, 0.3) is 0 Å². The summed E-state index contributed by atoms with van der Waals surface area (Å²) in [5.41, 5.74) is 0. The molecule has 0 aromatic rings. The Balaban J connectivity index is 3.19. The molecule has 1 aliphatic rings. The highest BCUT2D eigenvalue weighted by atomic mass is 31.2. The van der Waals surface area contributed by atoms with Crippen molar-refractivity contribution < 1.29 is 28.1 Å². The van der Waals surface area contributed by atoms with Gasteiger partial charge in [0.05, 0.1) is 25.6 Å². The van der Waals surface area contributed by atoms with Crippen molar-refractivity contribution in [3.8, 4) is 0 Å². The minimum Gasteiger partial charge on any atom is -0.465 e. The fourth-order valence-electron chi connectivity index (χ4n) is 1.98. The van der Waals surface area contributed by atoms with E-state index in [2.05, 4.69) is 0 Å². The van der Waals surface area contributed by atoms with Gasteiger partial charge in [0, 0.05) is 11.8 Å². The van der Waals surface area contributed by atoms with Crippen molar-refractivity contribution in [3.05, 3.63) is 10.1 Å². The molecule has 0 saturated carbocycles. The van der Waals surface area contributed by atoms with Gasteiger partial charge in [-0.3, -0.25) is 19.5 Å². The summed E-state index contributed by atoms with van der Waals surface area (Å²) < 4.78 is 27.6. The molecule has 2 atom stereocenters. The van der Waals surface area contributed by atoms with E-state index in [0.29, 0.717) is 0 Å². The van der Waals surface area contributed by atoms with E-state index in [1.165, 1.54) is 6.92 Å². The molecule has 2 unspecified atom stereocenters. The SMILES string of the molecule is CCOP(=O)(OCC)C(C)(C1COC(=O)C1)[N+](=O)[O-]. The average molecular weight is 295 g/mol. The third kappa shape index (κ3) is 2.80. The summed E-state index contributed by atoms with van der Waals surface area (Å²) in [6, 6.07) is 0. The zero-order valence-electron chi connectivity index (χ0n) is 11.2. The second-order valence-electron chi connectivity index (χ2n) is 4.27. The molecular weight excluding hydrogens is 277 g/mol. The fourth-order valence-corrected chi connectivity index (χ4v) is 4.07. The Labute approximate surface area is 111 Å². The van der Waals surface area contributed by atoms with Crippen LogP contribution in [0.5, 0.6) is 0 Å². The Morgan fingerprint density at radius 3 is 2.32 bits per heavy atom. The van der Waals surface area contributed by atoms with Crippen molar-refractivity contribution in [2.75, 3.05) is 19.8 Å². The van der Waals surface area contributed by atoms with Crippen molar-refractivity contribution in [1.29, 1.82) is 0 Å². The molecule has 19 heavy (non-hydrogen) atoms. The first-order valence-corrected chi connectivity index (χ1v) is 7.55. The molecule has 0 aromatic carbocycles. The highest BCUT2D eigenvalue weighted by Crippen LogP contribution is 2.64.